The predicted octanol–water partition coefficient (Wildman–Crippen LogP) is 4.56. The Kier molecular flexibility index (Phi) is 4.72. The van der Waals surface area contributed by atoms with Gasteiger partial charge in [-0.25, -0.2) is 0 Å². The summed E-state index contributed by atoms with van der Waals surface area (Å²) in [5.41, 5.74) is 2.50. The molecule has 3 heteroatoms. The van der Waals surface area contributed by atoms with Crippen molar-refractivity contribution in [3.05, 3.63) is 56.2 Å². The lowest BCUT2D eigenvalue weighted by molar-refractivity contribution is -0.118. The molecular weight excluding hydrogens is 308 g/mol. The van der Waals surface area contributed by atoms with Crippen LogP contribution in [-0.4, -0.2) is 5.78 Å². The average Bonchev–Trinajstić information content (AvgIpc) is 2.72. The predicted molar refractivity (Wildman–Crippen MR) is 80.2 cm³/mol. The first kappa shape index (κ1) is 13.5. The summed E-state index contributed by atoms with van der Waals surface area (Å²) in [5, 5.41) is 2.02. The highest BCUT2D eigenvalue weighted by atomic mass is 79.9. The standard InChI is InChI=1S/C15H15BrOS/c1-11-3-2-4-12(7-11)5-6-14(17)9-15-8-13(16)10-18-15/h2-4,7-8,10H,5-6,9H2,1H3. The lowest BCUT2D eigenvalue weighted by Gasteiger charge is -2.02. The molecule has 1 aromatic carbocycles. The molecule has 0 atom stereocenters. The number of thiophene rings is 1. The van der Waals surface area contributed by atoms with Crippen LogP contribution < -0.4 is 0 Å². The van der Waals surface area contributed by atoms with Gasteiger partial charge in [-0.2, -0.15) is 0 Å². The van der Waals surface area contributed by atoms with Gasteiger partial charge in [0, 0.05) is 27.6 Å². The van der Waals surface area contributed by atoms with Gasteiger partial charge in [0.25, 0.3) is 0 Å². The monoisotopic (exact) mass is 322 g/mol. The molecule has 0 fully saturated rings. The Hall–Kier alpha value is -0.930. The highest BCUT2D eigenvalue weighted by Gasteiger charge is 2.06. The third-order valence-electron chi connectivity index (χ3n) is 2.77. The number of ketones is 1. The van der Waals surface area contributed by atoms with Crippen LogP contribution in [0.25, 0.3) is 0 Å². The Bertz CT molecular complexity index is 545. The van der Waals surface area contributed by atoms with Crippen LogP contribution in [0.4, 0.5) is 0 Å². The number of carbonyl (C=O) groups is 1. The van der Waals surface area contributed by atoms with Gasteiger partial charge in [-0.3, -0.25) is 4.79 Å². The lowest BCUT2D eigenvalue weighted by Crippen LogP contribution is -2.03. The van der Waals surface area contributed by atoms with Crippen molar-refractivity contribution < 1.29 is 4.79 Å². The van der Waals surface area contributed by atoms with Gasteiger partial charge < -0.3 is 0 Å². The minimum atomic E-state index is 0.311. The van der Waals surface area contributed by atoms with E-state index in [1.165, 1.54) is 11.1 Å². The number of benzene rings is 1. The first-order valence-corrected chi connectivity index (χ1v) is 7.61. The zero-order valence-electron chi connectivity index (χ0n) is 10.3. The zero-order chi connectivity index (χ0) is 13.0. The third-order valence-corrected chi connectivity index (χ3v) is 4.47. The van der Waals surface area contributed by atoms with Crippen LogP contribution in [0.2, 0.25) is 0 Å². The van der Waals surface area contributed by atoms with E-state index in [4.69, 9.17) is 0 Å². The molecule has 0 aliphatic heterocycles. The molecule has 0 N–H and O–H groups in total. The van der Waals surface area contributed by atoms with Crippen LogP contribution in [0.3, 0.4) is 0 Å². The van der Waals surface area contributed by atoms with E-state index in [1.54, 1.807) is 11.3 Å². The Morgan fingerprint density at radius 3 is 2.83 bits per heavy atom. The molecule has 1 aromatic heterocycles. The van der Waals surface area contributed by atoms with E-state index in [0.717, 1.165) is 15.8 Å². The Morgan fingerprint density at radius 1 is 1.33 bits per heavy atom. The summed E-state index contributed by atoms with van der Waals surface area (Å²) in [4.78, 5) is 13.0. The number of halogens is 1. The number of hydrogen-bond acceptors (Lipinski definition) is 2. The second kappa shape index (κ2) is 6.30. The van der Waals surface area contributed by atoms with Gasteiger partial charge in [0.1, 0.15) is 5.78 Å². The van der Waals surface area contributed by atoms with E-state index in [-0.39, 0.29) is 0 Å². The van der Waals surface area contributed by atoms with Crippen LogP contribution in [0.5, 0.6) is 0 Å². The fourth-order valence-corrected chi connectivity index (χ4v) is 3.36. The highest BCUT2D eigenvalue weighted by Crippen LogP contribution is 2.20. The van der Waals surface area contributed by atoms with Crippen molar-refractivity contribution in [1.82, 2.24) is 0 Å². The molecular formula is C15H15BrOS. The quantitative estimate of drug-likeness (QED) is 0.788. The highest BCUT2D eigenvalue weighted by molar-refractivity contribution is 9.10. The largest absolute Gasteiger partial charge is 0.299 e. The Labute approximate surface area is 120 Å². The maximum absolute atomic E-state index is 11.9. The first-order chi connectivity index (χ1) is 8.63. The van der Waals surface area contributed by atoms with Gasteiger partial charge in [-0.1, -0.05) is 29.8 Å². The second-order valence-corrected chi connectivity index (χ2v) is 6.35. The van der Waals surface area contributed by atoms with Gasteiger partial charge in [0.05, 0.1) is 0 Å². The van der Waals surface area contributed by atoms with E-state index >= 15 is 0 Å². The minimum Gasteiger partial charge on any atom is -0.299 e. The van der Waals surface area contributed by atoms with Crippen molar-refractivity contribution in [2.24, 2.45) is 0 Å². The number of hydrogen-bond donors (Lipinski definition) is 0. The summed E-state index contributed by atoms with van der Waals surface area (Å²) in [6.07, 6.45) is 2.02. The van der Waals surface area contributed by atoms with Crippen LogP contribution >= 0.6 is 27.3 Å². The average molecular weight is 323 g/mol. The molecule has 94 valence electrons. The molecule has 0 amide bonds. The van der Waals surface area contributed by atoms with Crippen molar-refractivity contribution in [3.8, 4) is 0 Å². The van der Waals surface area contributed by atoms with E-state index in [2.05, 4.69) is 41.1 Å². The summed E-state index contributed by atoms with van der Waals surface area (Å²) >= 11 is 5.04. The van der Waals surface area contributed by atoms with E-state index < -0.39 is 0 Å². The molecule has 0 aliphatic carbocycles. The summed E-state index contributed by atoms with van der Waals surface area (Å²) < 4.78 is 1.06. The zero-order valence-corrected chi connectivity index (χ0v) is 12.7. The summed E-state index contributed by atoms with van der Waals surface area (Å²) in [7, 11) is 0. The van der Waals surface area contributed by atoms with Crippen LogP contribution in [0.15, 0.2) is 40.2 Å². The summed E-state index contributed by atoms with van der Waals surface area (Å²) in [6, 6.07) is 10.4. The summed E-state index contributed by atoms with van der Waals surface area (Å²) in [6.45, 7) is 2.08. The maximum atomic E-state index is 11.9. The van der Waals surface area contributed by atoms with Crippen molar-refractivity contribution in [2.75, 3.05) is 0 Å². The van der Waals surface area contributed by atoms with E-state index in [0.29, 0.717) is 18.6 Å². The molecule has 0 spiro atoms. The number of aryl methyl sites for hydroxylation is 2. The Morgan fingerprint density at radius 2 is 2.17 bits per heavy atom. The van der Waals surface area contributed by atoms with Crippen LogP contribution in [-0.2, 0) is 17.6 Å². The fraction of sp³-hybridized carbons (Fsp3) is 0.267. The molecule has 18 heavy (non-hydrogen) atoms. The molecule has 0 aliphatic rings. The molecule has 1 heterocycles. The lowest BCUT2D eigenvalue weighted by atomic mass is 10.0. The minimum absolute atomic E-state index is 0.311. The molecule has 2 aromatic rings. The molecule has 0 unspecified atom stereocenters. The van der Waals surface area contributed by atoms with Gasteiger partial charge in [-0.15, -0.1) is 11.3 Å². The molecule has 0 bridgehead atoms. The number of Topliss-reactive ketones (excluding diaryl/α,β-unsaturated/α-hetero) is 1. The van der Waals surface area contributed by atoms with Gasteiger partial charge in [0.15, 0.2) is 0 Å². The number of carbonyl (C=O) groups excluding carboxylic acids is 1. The SMILES string of the molecule is Cc1cccc(CCC(=O)Cc2cc(Br)cs2)c1. The fourth-order valence-electron chi connectivity index (χ4n) is 1.88. The second-order valence-electron chi connectivity index (χ2n) is 4.44. The van der Waals surface area contributed by atoms with E-state index in [9.17, 15) is 4.79 Å². The van der Waals surface area contributed by atoms with E-state index in [1.807, 2.05) is 17.5 Å². The van der Waals surface area contributed by atoms with Crippen LogP contribution in [0.1, 0.15) is 22.4 Å². The topological polar surface area (TPSA) is 17.1 Å². The molecule has 0 saturated carbocycles. The molecule has 1 nitrogen and oxygen atoms in total. The van der Waals surface area contributed by atoms with Crippen LogP contribution in [0, 0.1) is 6.92 Å². The third kappa shape index (κ3) is 4.07. The first-order valence-electron chi connectivity index (χ1n) is 5.93. The summed E-state index contributed by atoms with van der Waals surface area (Å²) in [5.74, 6) is 0.311. The van der Waals surface area contributed by atoms with Gasteiger partial charge in [0.2, 0.25) is 0 Å². The Balaban J connectivity index is 1.85. The van der Waals surface area contributed by atoms with Crippen molar-refractivity contribution in [2.45, 2.75) is 26.2 Å². The van der Waals surface area contributed by atoms with Crippen molar-refractivity contribution >= 4 is 33.0 Å². The smallest absolute Gasteiger partial charge is 0.138 e. The molecule has 0 radical (unpaired) electrons. The van der Waals surface area contributed by atoms with Gasteiger partial charge >= 0.3 is 0 Å². The van der Waals surface area contributed by atoms with Gasteiger partial charge in [-0.05, 0) is 40.9 Å². The maximum Gasteiger partial charge on any atom is 0.138 e. The van der Waals surface area contributed by atoms with Crippen molar-refractivity contribution in [3.63, 3.8) is 0 Å². The molecule has 0 saturated heterocycles. The normalized spacial score (nSPS) is 10.6. The van der Waals surface area contributed by atoms with Crippen molar-refractivity contribution in [1.29, 1.82) is 0 Å². The number of rotatable bonds is 5. The molecule has 2 rings (SSSR count).